The Labute approximate surface area is 156 Å². The van der Waals surface area contributed by atoms with Crippen LogP contribution in [0.25, 0.3) is 0 Å². The Balaban J connectivity index is 1.94. The summed E-state index contributed by atoms with van der Waals surface area (Å²) < 4.78 is 46.7. The molecule has 0 bridgehead atoms. The lowest BCUT2D eigenvalue weighted by Gasteiger charge is -2.14. The maximum absolute atomic E-state index is 13.3. The van der Waals surface area contributed by atoms with Gasteiger partial charge in [-0.05, 0) is 49.4 Å². The van der Waals surface area contributed by atoms with E-state index in [0.717, 1.165) is 5.56 Å². The summed E-state index contributed by atoms with van der Waals surface area (Å²) in [6, 6.07) is 16.5. The molecule has 0 aliphatic carbocycles. The van der Waals surface area contributed by atoms with Gasteiger partial charge in [0.1, 0.15) is 11.6 Å². The summed E-state index contributed by atoms with van der Waals surface area (Å²) in [5, 5.41) is 0.332. The zero-order valence-corrected chi connectivity index (χ0v) is 15.3. The quantitative estimate of drug-likeness (QED) is 0.635. The van der Waals surface area contributed by atoms with Crippen molar-refractivity contribution in [2.24, 2.45) is 0 Å². The zero-order chi connectivity index (χ0) is 18.7. The Morgan fingerprint density at radius 3 is 2.42 bits per heavy atom. The minimum absolute atomic E-state index is 0.111. The van der Waals surface area contributed by atoms with E-state index < -0.39 is 15.8 Å². The number of sulfonamides is 1. The second-order valence-electron chi connectivity index (χ2n) is 5.62. The van der Waals surface area contributed by atoms with Gasteiger partial charge in [0.25, 0.3) is 10.0 Å². The first-order valence-corrected chi connectivity index (χ1v) is 9.52. The van der Waals surface area contributed by atoms with Gasteiger partial charge in [0.15, 0.2) is 5.75 Å². The van der Waals surface area contributed by atoms with Gasteiger partial charge in [-0.3, -0.25) is 4.72 Å². The summed E-state index contributed by atoms with van der Waals surface area (Å²) in [5.41, 5.74) is 1.10. The average molecular weight is 392 g/mol. The lowest BCUT2D eigenvalue weighted by Crippen LogP contribution is -2.13. The fourth-order valence-electron chi connectivity index (χ4n) is 2.25. The van der Waals surface area contributed by atoms with Gasteiger partial charge in [-0.15, -0.1) is 0 Å². The van der Waals surface area contributed by atoms with Crippen molar-refractivity contribution in [3.8, 4) is 11.5 Å². The lowest BCUT2D eigenvalue weighted by atomic mass is 10.2. The molecule has 7 heteroatoms. The van der Waals surface area contributed by atoms with Gasteiger partial charge in [0.05, 0.1) is 10.6 Å². The summed E-state index contributed by atoms with van der Waals surface area (Å²) >= 11 is 5.99. The minimum atomic E-state index is -3.83. The van der Waals surface area contributed by atoms with Crippen LogP contribution in [0.5, 0.6) is 11.5 Å². The van der Waals surface area contributed by atoms with Crippen molar-refractivity contribution in [2.45, 2.75) is 11.8 Å². The number of nitrogens with one attached hydrogen (secondary N) is 1. The van der Waals surface area contributed by atoms with Crippen LogP contribution in [-0.4, -0.2) is 8.42 Å². The molecule has 0 amide bonds. The largest absolute Gasteiger partial charge is 0.455 e. The zero-order valence-electron chi connectivity index (χ0n) is 13.7. The summed E-state index contributed by atoms with van der Waals surface area (Å²) in [4.78, 5) is 0.111. The molecular formula is C19H15ClFNO3S. The smallest absolute Gasteiger partial charge is 0.262 e. The first kappa shape index (κ1) is 18.2. The van der Waals surface area contributed by atoms with E-state index in [-0.39, 0.29) is 22.1 Å². The third kappa shape index (κ3) is 4.33. The van der Waals surface area contributed by atoms with E-state index in [1.165, 1.54) is 42.5 Å². The van der Waals surface area contributed by atoms with Gasteiger partial charge in [0.2, 0.25) is 0 Å². The van der Waals surface area contributed by atoms with Crippen LogP contribution in [0.15, 0.2) is 71.6 Å². The second-order valence-corrected chi connectivity index (χ2v) is 7.74. The average Bonchev–Trinajstić information content (AvgIpc) is 2.57. The molecule has 0 aliphatic heterocycles. The molecular weight excluding hydrogens is 377 g/mol. The van der Waals surface area contributed by atoms with Crippen LogP contribution >= 0.6 is 11.6 Å². The molecule has 3 rings (SSSR count). The fourth-order valence-corrected chi connectivity index (χ4v) is 3.48. The molecule has 0 unspecified atom stereocenters. The van der Waals surface area contributed by atoms with Crippen molar-refractivity contribution in [2.75, 3.05) is 4.72 Å². The van der Waals surface area contributed by atoms with Gasteiger partial charge in [-0.25, -0.2) is 12.8 Å². The molecule has 3 aromatic rings. The summed E-state index contributed by atoms with van der Waals surface area (Å²) in [6.45, 7) is 1.87. The van der Waals surface area contributed by atoms with Crippen molar-refractivity contribution in [1.29, 1.82) is 0 Å². The number of ether oxygens (including phenoxy) is 1. The van der Waals surface area contributed by atoms with Crippen LogP contribution in [0.4, 0.5) is 10.1 Å². The number of hydrogen-bond donors (Lipinski definition) is 1. The highest BCUT2D eigenvalue weighted by Crippen LogP contribution is 2.33. The summed E-state index contributed by atoms with van der Waals surface area (Å²) in [7, 11) is -3.83. The van der Waals surface area contributed by atoms with Crippen LogP contribution in [0.3, 0.4) is 0 Å². The molecule has 0 spiro atoms. The standard InChI is InChI=1S/C19H15ClFNO3S/c1-13-5-8-17(9-6-13)26(23,24)22-18-11-14(20)7-10-19(18)25-16-4-2-3-15(21)12-16/h2-12,22H,1H3. The van der Waals surface area contributed by atoms with Crippen LogP contribution in [0.2, 0.25) is 5.02 Å². The summed E-state index contributed by atoms with van der Waals surface area (Å²) in [5.74, 6) is -0.0166. The maximum atomic E-state index is 13.3. The topological polar surface area (TPSA) is 55.4 Å². The molecule has 0 saturated heterocycles. The molecule has 0 atom stereocenters. The fraction of sp³-hybridized carbons (Fsp3) is 0.0526. The molecule has 0 saturated carbocycles. The predicted octanol–water partition coefficient (Wildman–Crippen LogP) is 5.38. The highest BCUT2D eigenvalue weighted by molar-refractivity contribution is 7.92. The van der Waals surface area contributed by atoms with Crippen LogP contribution in [0.1, 0.15) is 5.56 Å². The molecule has 134 valence electrons. The van der Waals surface area contributed by atoms with Crippen LogP contribution < -0.4 is 9.46 Å². The number of hydrogen-bond acceptors (Lipinski definition) is 3. The predicted molar refractivity (Wildman–Crippen MR) is 99.9 cm³/mol. The minimum Gasteiger partial charge on any atom is -0.455 e. The van der Waals surface area contributed by atoms with Gasteiger partial charge in [-0.2, -0.15) is 0 Å². The Morgan fingerprint density at radius 1 is 1.00 bits per heavy atom. The van der Waals surface area contributed by atoms with E-state index in [4.69, 9.17) is 16.3 Å². The van der Waals surface area contributed by atoms with E-state index >= 15 is 0 Å². The van der Waals surface area contributed by atoms with E-state index in [2.05, 4.69) is 4.72 Å². The second kappa shape index (κ2) is 7.35. The first-order valence-electron chi connectivity index (χ1n) is 7.66. The van der Waals surface area contributed by atoms with E-state index in [1.54, 1.807) is 24.3 Å². The monoisotopic (exact) mass is 391 g/mol. The lowest BCUT2D eigenvalue weighted by molar-refractivity contribution is 0.479. The Morgan fingerprint density at radius 2 is 1.73 bits per heavy atom. The maximum Gasteiger partial charge on any atom is 0.262 e. The molecule has 0 fully saturated rings. The van der Waals surface area contributed by atoms with Crippen molar-refractivity contribution in [1.82, 2.24) is 0 Å². The molecule has 4 nitrogen and oxygen atoms in total. The molecule has 0 aromatic heterocycles. The van der Waals surface area contributed by atoms with Gasteiger partial charge >= 0.3 is 0 Å². The normalized spacial score (nSPS) is 11.2. The van der Waals surface area contributed by atoms with Crippen molar-refractivity contribution < 1.29 is 17.5 Å². The highest BCUT2D eigenvalue weighted by atomic mass is 35.5. The van der Waals surface area contributed by atoms with Crippen molar-refractivity contribution >= 4 is 27.3 Å². The Hall–Kier alpha value is -2.57. The van der Waals surface area contributed by atoms with Crippen molar-refractivity contribution in [3.63, 3.8) is 0 Å². The molecule has 0 aliphatic rings. The highest BCUT2D eigenvalue weighted by Gasteiger charge is 2.17. The van der Waals surface area contributed by atoms with Gasteiger partial charge < -0.3 is 4.74 Å². The molecule has 0 radical (unpaired) electrons. The van der Waals surface area contributed by atoms with Crippen LogP contribution in [-0.2, 0) is 10.0 Å². The SMILES string of the molecule is Cc1ccc(S(=O)(=O)Nc2cc(Cl)ccc2Oc2cccc(F)c2)cc1. The van der Waals surface area contributed by atoms with Gasteiger partial charge in [0, 0.05) is 11.1 Å². The third-order valence-corrected chi connectivity index (χ3v) is 5.16. The van der Waals surface area contributed by atoms with Crippen molar-refractivity contribution in [3.05, 3.63) is 83.1 Å². The number of rotatable bonds is 5. The number of halogens is 2. The Kier molecular flexibility index (Phi) is 5.15. The number of anilines is 1. The van der Waals surface area contributed by atoms with E-state index in [1.807, 2.05) is 6.92 Å². The number of benzene rings is 3. The molecule has 3 aromatic carbocycles. The number of aryl methyl sites for hydroxylation is 1. The van der Waals surface area contributed by atoms with E-state index in [0.29, 0.717) is 5.02 Å². The summed E-state index contributed by atoms with van der Waals surface area (Å²) in [6.07, 6.45) is 0. The van der Waals surface area contributed by atoms with Gasteiger partial charge in [-0.1, -0.05) is 35.4 Å². The molecule has 0 heterocycles. The first-order chi connectivity index (χ1) is 12.3. The molecule has 26 heavy (non-hydrogen) atoms. The third-order valence-electron chi connectivity index (χ3n) is 3.54. The Bertz CT molecular complexity index is 1040. The molecule has 1 N–H and O–H groups in total. The van der Waals surface area contributed by atoms with Crippen LogP contribution in [0, 0.1) is 12.7 Å². The van der Waals surface area contributed by atoms with E-state index in [9.17, 15) is 12.8 Å².